The van der Waals surface area contributed by atoms with Crippen LogP contribution in [0.5, 0.6) is 0 Å². The summed E-state index contributed by atoms with van der Waals surface area (Å²) >= 11 is 10.3. The Bertz CT molecular complexity index is 860. The first-order valence-electron chi connectivity index (χ1n) is 7.64. The molecule has 0 radical (unpaired) electrons. The molecule has 9 heteroatoms. The van der Waals surface area contributed by atoms with Gasteiger partial charge in [-0.25, -0.2) is 8.42 Å². The third-order valence-electron chi connectivity index (χ3n) is 4.00. The molecule has 0 atom stereocenters. The largest absolute Gasteiger partial charge is 0.340 e. The maximum absolute atomic E-state index is 12.6. The highest BCUT2D eigenvalue weighted by molar-refractivity contribution is 9.10. The fourth-order valence-corrected chi connectivity index (χ4v) is 5.95. The van der Waals surface area contributed by atoms with Gasteiger partial charge in [-0.2, -0.15) is 4.31 Å². The van der Waals surface area contributed by atoms with Gasteiger partial charge < -0.3 is 4.90 Å². The fraction of sp³-hybridized carbons (Fsp3) is 0.312. The van der Waals surface area contributed by atoms with Crippen LogP contribution in [-0.2, 0) is 21.2 Å². The lowest BCUT2D eigenvalue weighted by Crippen LogP contribution is -2.50. The monoisotopic (exact) mass is 462 g/mol. The molecule has 1 aliphatic heterocycles. The highest BCUT2D eigenvalue weighted by Crippen LogP contribution is 2.28. The van der Waals surface area contributed by atoms with Gasteiger partial charge in [-0.05, 0) is 29.8 Å². The van der Waals surface area contributed by atoms with Gasteiger partial charge in [-0.3, -0.25) is 4.79 Å². The molecule has 25 heavy (non-hydrogen) atoms. The Morgan fingerprint density at radius 3 is 2.28 bits per heavy atom. The SMILES string of the molecule is O=C(Cc1ccc(Br)cc1)N1CCN(S(=O)(=O)c2ccc(Cl)s2)CC1. The smallest absolute Gasteiger partial charge is 0.252 e. The second-order valence-corrected chi connectivity index (χ2v) is 10.4. The van der Waals surface area contributed by atoms with E-state index < -0.39 is 10.0 Å². The van der Waals surface area contributed by atoms with Crippen molar-refractivity contribution < 1.29 is 13.2 Å². The van der Waals surface area contributed by atoms with Crippen molar-refractivity contribution in [1.82, 2.24) is 9.21 Å². The summed E-state index contributed by atoms with van der Waals surface area (Å²) < 4.78 is 28.2. The Hall–Kier alpha value is -0.930. The third-order valence-corrected chi connectivity index (χ3v) is 8.13. The van der Waals surface area contributed by atoms with Crippen LogP contribution in [0, 0.1) is 0 Å². The van der Waals surface area contributed by atoms with E-state index in [0.717, 1.165) is 21.4 Å². The molecule has 3 rings (SSSR count). The average Bonchev–Trinajstić information content (AvgIpc) is 3.04. The van der Waals surface area contributed by atoms with Crippen LogP contribution >= 0.6 is 38.9 Å². The van der Waals surface area contributed by atoms with Crippen LogP contribution in [-0.4, -0.2) is 49.7 Å². The van der Waals surface area contributed by atoms with Crippen LogP contribution in [0.3, 0.4) is 0 Å². The second kappa shape index (κ2) is 7.75. The number of sulfonamides is 1. The summed E-state index contributed by atoms with van der Waals surface area (Å²) in [5, 5.41) is 0. The van der Waals surface area contributed by atoms with E-state index in [1.807, 2.05) is 24.3 Å². The molecule has 0 spiro atoms. The predicted octanol–water partition coefficient (Wildman–Crippen LogP) is 3.24. The molecule has 2 heterocycles. The topological polar surface area (TPSA) is 57.7 Å². The Morgan fingerprint density at radius 1 is 1.08 bits per heavy atom. The number of rotatable bonds is 4. The summed E-state index contributed by atoms with van der Waals surface area (Å²) in [4.78, 5) is 14.1. The molecule has 2 aromatic rings. The van der Waals surface area contributed by atoms with Crippen molar-refractivity contribution in [3.8, 4) is 0 Å². The molecule has 1 saturated heterocycles. The van der Waals surface area contributed by atoms with Gasteiger partial charge in [0, 0.05) is 30.7 Å². The second-order valence-electron chi connectivity index (χ2n) is 5.65. The molecule has 0 N–H and O–H groups in total. The van der Waals surface area contributed by atoms with Crippen LogP contribution in [0.1, 0.15) is 5.56 Å². The standard InChI is InChI=1S/C16H16BrClN2O3S2/c17-13-3-1-12(2-4-13)11-15(21)19-7-9-20(10-8-19)25(22,23)16-6-5-14(18)24-16/h1-6H,7-11H2. The average molecular weight is 464 g/mol. The highest BCUT2D eigenvalue weighted by atomic mass is 79.9. The molecule has 1 amide bonds. The molecule has 1 aliphatic rings. The van der Waals surface area contributed by atoms with Crippen molar-refractivity contribution in [2.45, 2.75) is 10.6 Å². The quantitative estimate of drug-likeness (QED) is 0.699. The minimum absolute atomic E-state index is 0.0125. The summed E-state index contributed by atoms with van der Waals surface area (Å²) in [5.74, 6) is 0.0125. The third kappa shape index (κ3) is 4.43. The van der Waals surface area contributed by atoms with Crippen LogP contribution in [0.25, 0.3) is 0 Å². The summed E-state index contributed by atoms with van der Waals surface area (Å²) in [6.45, 7) is 1.38. The summed E-state index contributed by atoms with van der Waals surface area (Å²) in [7, 11) is -3.53. The van der Waals surface area contributed by atoms with Gasteiger partial charge >= 0.3 is 0 Å². The predicted molar refractivity (Wildman–Crippen MR) is 103 cm³/mol. The lowest BCUT2D eigenvalue weighted by atomic mass is 10.1. The van der Waals surface area contributed by atoms with E-state index in [2.05, 4.69) is 15.9 Å². The van der Waals surface area contributed by atoms with Crippen LogP contribution < -0.4 is 0 Å². The normalized spacial score (nSPS) is 16.2. The maximum Gasteiger partial charge on any atom is 0.252 e. The number of benzene rings is 1. The molecule has 134 valence electrons. The van der Waals surface area contributed by atoms with E-state index in [1.54, 1.807) is 11.0 Å². The zero-order chi connectivity index (χ0) is 18.0. The molecule has 1 aromatic carbocycles. The van der Waals surface area contributed by atoms with E-state index in [0.29, 0.717) is 36.9 Å². The van der Waals surface area contributed by atoms with E-state index in [4.69, 9.17) is 11.6 Å². The molecule has 0 bridgehead atoms. The van der Waals surface area contributed by atoms with Crippen molar-refractivity contribution in [1.29, 1.82) is 0 Å². The molecule has 1 fully saturated rings. The van der Waals surface area contributed by atoms with Crippen LogP contribution in [0.2, 0.25) is 4.34 Å². The van der Waals surface area contributed by atoms with Gasteiger partial charge in [-0.15, -0.1) is 11.3 Å². The number of halogens is 2. The van der Waals surface area contributed by atoms with E-state index in [1.165, 1.54) is 10.4 Å². The van der Waals surface area contributed by atoms with E-state index in [-0.39, 0.29) is 10.1 Å². The molecular weight excluding hydrogens is 448 g/mol. The fourth-order valence-electron chi connectivity index (χ4n) is 2.63. The summed E-state index contributed by atoms with van der Waals surface area (Å²) in [5.41, 5.74) is 0.941. The Kier molecular flexibility index (Phi) is 5.85. The number of carbonyl (C=O) groups excluding carboxylic acids is 1. The van der Waals surface area contributed by atoms with Crippen LogP contribution in [0.15, 0.2) is 45.1 Å². The molecular formula is C16H16BrClN2O3S2. The van der Waals surface area contributed by atoms with Crippen molar-refractivity contribution in [2.75, 3.05) is 26.2 Å². The lowest BCUT2D eigenvalue weighted by molar-refractivity contribution is -0.131. The zero-order valence-corrected chi connectivity index (χ0v) is 17.2. The van der Waals surface area contributed by atoms with E-state index >= 15 is 0 Å². The summed E-state index contributed by atoms with van der Waals surface area (Å²) in [6, 6.07) is 10.7. The molecule has 5 nitrogen and oxygen atoms in total. The van der Waals surface area contributed by atoms with Crippen molar-refractivity contribution in [2.24, 2.45) is 0 Å². The van der Waals surface area contributed by atoms with Crippen molar-refractivity contribution in [3.63, 3.8) is 0 Å². The maximum atomic E-state index is 12.6. The number of amides is 1. The molecule has 0 unspecified atom stereocenters. The lowest BCUT2D eigenvalue weighted by Gasteiger charge is -2.33. The number of carbonyl (C=O) groups is 1. The molecule has 0 aliphatic carbocycles. The van der Waals surface area contributed by atoms with Crippen molar-refractivity contribution >= 4 is 54.8 Å². The first kappa shape index (κ1) is 18.8. The first-order valence-corrected chi connectivity index (χ1v) is 11.1. The number of nitrogens with zero attached hydrogens (tertiary/aromatic N) is 2. The Labute approximate surface area is 164 Å². The Morgan fingerprint density at radius 2 is 1.72 bits per heavy atom. The minimum Gasteiger partial charge on any atom is -0.340 e. The first-order chi connectivity index (χ1) is 11.9. The number of hydrogen-bond acceptors (Lipinski definition) is 4. The van der Waals surface area contributed by atoms with Gasteiger partial charge in [0.05, 0.1) is 10.8 Å². The Balaban J connectivity index is 1.59. The van der Waals surface area contributed by atoms with Crippen molar-refractivity contribution in [3.05, 3.63) is 50.8 Å². The number of thiophene rings is 1. The number of hydrogen-bond donors (Lipinski definition) is 0. The minimum atomic E-state index is -3.53. The van der Waals surface area contributed by atoms with Gasteiger partial charge in [0.1, 0.15) is 4.21 Å². The van der Waals surface area contributed by atoms with Gasteiger partial charge in [-0.1, -0.05) is 39.7 Å². The summed E-state index contributed by atoms with van der Waals surface area (Å²) in [6.07, 6.45) is 0.320. The molecule has 1 aromatic heterocycles. The molecule has 0 saturated carbocycles. The van der Waals surface area contributed by atoms with Crippen LogP contribution in [0.4, 0.5) is 0 Å². The van der Waals surface area contributed by atoms with Gasteiger partial charge in [0.15, 0.2) is 0 Å². The zero-order valence-electron chi connectivity index (χ0n) is 13.2. The number of piperazine rings is 1. The highest BCUT2D eigenvalue weighted by Gasteiger charge is 2.31. The van der Waals surface area contributed by atoms with Gasteiger partial charge in [0.2, 0.25) is 5.91 Å². The van der Waals surface area contributed by atoms with E-state index in [9.17, 15) is 13.2 Å². The van der Waals surface area contributed by atoms with Gasteiger partial charge in [0.25, 0.3) is 10.0 Å².